The molecule has 0 aliphatic heterocycles. The van der Waals surface area contributed by atoms with Crippen LogP contribution in [-0.2, 0) is 13.6 Å². The molecule has 5 nitrogen and oxygen atoms in total. The summed E-state index contributed by atoms with van der Waals surface area (Å²) in [5.41, 5.74) is 5.12. The Morgan fingerprint density at radius 1 is 1.47 bits per heavy atom. The van der Waals surface area contributed by atoms with Crippen LogP contribution in [-0.4, -0.2) is 24.7 Å². The van der Waals surface area contributed by atoms with Crippen molar-refractivity contribution in [1.29, 1.82) is 0 Å². The van der Waals surface area contributed by atoms with E-state index in [4.69, 9.17) is 15.2 Å². The van der Waals surface area contributed by atoms with Crippen LogP contribution in [0.2, 0.25) is 0 Å². The summed E-state index contributed by atoms with van der Waals surface area (Å²) in [6, 6.07) is 0. The molecule has 0 aliphatic carbocycles. The van der Waals surface area contributed by atoms with Crippen LogP contribution in [0.4, 0.5) is 0 Å². The average Bonchev–Trinajstić information content (AvgIpc) is 2.21. The van der Waals surface area contributed by atoms with Crippen LogP contribution in [0.25, 0.3) is 0 Å². The average molecular weight is 235 g/mol. The highest BCUT2D eigenvalue weighted by molar-refractivity contribution is 7.47. The van der Waals surface area contributed by atoms with Crippen LogP contribution in [0.5, 0.6) is 0 Å². The number of rotatable bonds is 9. The van der Waals surface area contributed by atoms with E-state index in [1.165, 1.54) is 0 Å². The summed E-state index contributed by atoms with van der Waals surface area (Å²) in [6.45, 7) is 7.39. The fourth-order valence-electron chi connectivity index (χ4n) is 0.842. The molecule has 0 fully saturated rings. The van der Waals surface area contributed by atoms with Gasteiger partial charge in [0.05, 0.1) is 13.2 Å². The lowest BCUT2D eigenvalue weighted by Crippen LogP contribution is -2.10. The molecule has 0 saturated carbocycles. The molecule has 0 rings (SSSR count). The third-order valence-electron chi connectivity index (χ3n) is 1.63. The Labute approximate surface area is 90.2 Å². The van der Waals surface area contributed by atoms with Crippen LogP contribution in [0.15, 0.2) is 25.3 Å². The van der Waals surface area contributed by atoms with Crippen molar-refractivity contribution in [2.24, 2.45) is 11.7 Å². The normalized spacial score (nSPS) is 16.7. The second-order valence-electron chi connectivity index (χ2n) is 2.91. The summed E-state index contributed by atoms with van der Waals surface area (Å²) in [7, 11) is -3.96. The van der Waals surface area contributed by atoms with E-state index in [0.717, 1.165) is 0 Å². The monoisotopic (exact) mass is 235 g/mol. The van der Waals surface area contributed by atoms with Gasteiger partial charge in [0.25, 0.3) is 0 Å². The van der Waals surface area contributed by atoms with Crippen molar-refractivity contribution >= 4 is 7.82 Å². The number of phosphoric acid groups is 1. The van der Waals surface area contributed by atoms with Crippen LogP contribution in [0.1, 0.15) is 6.42 Å². The maximum Gasteiger partial charge on any atom is 0.472 e. The van der Waals surface area contributed by atoms with E-state index in [1.807, 2.05) is 0 Å². The van der Waals surface area contributed by atoms with Crippen LogP contribution in [0, 0.1) is 5.92 Å². The van der Waals surface area contributed by atoms with Gasteiger partial charge in [0.15, 0.2) is 0 Å². The molecule has 6 heteroatoms. The van der Waals surface area contributed by atoms with Gasteiger partial charge in [0.1, 0.15) is 0 Å². The van der Waals surface area contributed by atoms with Gasteiger partial charge >= 0.3 is 7.82 Å². The first-order valence-corrected chi connectivity index (χ1v) is 6.10. The van der Waals surface area contributed by atoms with E-state index in [0.29, 0.717) is 6.42 Å². The zero-order valence-electron chi connectivity index (χ0n) is 8.67. The molecule has 0 aromatic heterocycles. The van der Waals surface area contributed by atoms with Crippen molar-refractivity contribution < 1.29 is 18.5 Å². The first-order chi connectivity index (χ1) is 7.05. The molecule has 3 N–H and O–H groups in total. The summed E-state index contributed by atoms with van der Waals surface area (Å²) in [4.78, 5) is 9.15. The SMILES string of the molecule is C=CCC(C=C)COP(=O)(O)OCCN. The van der Waals surface area contributed by atoms with Crippen LogP contribution in [0.3, 0.4) is 0 Å². The van der Waals surface area contributed by atoms with E-state index in [9.17, 15) is 4.57 Å². The summed E-state index contributed by atoms with van der Waals surface area (Å²) in [5, 5.41) is 0. The zero-order chi connectivity index (χ0) is 11.7. The molecule has 0 aromatic carbocycles. The topological polar surface area (TPSA) is 81.8 Å². The van der Waals surface area contributed by atoms with Gasteiger partial charge < -0.3 is 10.6 Å². The summed E-state index contributed by atoms with van der Waals surface area (Å²) in [5.74, 6) is -0.0375. The lowest BCUT2D eigenvalue weighted by Gasteiger charge is -2.14. The van der Waals surface area contributed by atoms with Crippen molar-refractivity contribution in [2.45, 2.75) is 6.42 Å². The van der Waals surface area contributed by atoms with Gasteiger partial charge in [-0.25, -0.2) is 4.57 Å². The Morgan fingerprint density at radius 2 is 2.13 bits per heavy atom. The smallest absolute Gasteiger partial charge is 0.328 e. The Morgan fingerprint density at radius 3 is 2.60 bits per heavy atom. The molecule has 15 heavy (non-hydrogen) atoms. The van der Waals surface area contributed by atoms with Gasteiger partial charge in [-0.15, -0.1) is 13.2 Å². The highest BCUT2D eigenvalue weighted by Crippen LogP contribution is 2.43. The van der Waals surface area contributed by atoms with Gasteiger partial charge in [0, 0.05) is 12.5 Å². The molecule has 2 atom stereocenters. The van der Waals surface area contributed by atoms with Crippen molar-refractivity contribution in [3.63, 3.8) is 0 Å². The fraction of sp³-hybridized carbons (Fsp3) is 0.556. The lowest BCUT2D eigenvalue weighted by atomic mass is 10.1. The van der Waals surface area contributed by atoms with Crippen molar-refractivity contribution in [1.82, 2.24) is 0 Å². The van der Waals surface area contributed by atoms with E-state index in [-0.39, 0.29) is 25.7 Å². The minimum atomic E-state index is -3.96. The Balaban J connectivity index is 3.94. The second-order valence-corrected chi connectivity index (χ2v) is 4.36. The first kappa shape index (κ1) is 14.6. The maximum absolute atomic E-state index is 11.2. The quantitative estimate of drug-likeness (QED) is 0.467. The number of phosphoric ester groups is 1. The third-order valence-corrected chi connectivity index (χ3v) is 2.61. The molecule has 0 radical (unpaired) electrons. The molecule has 0 aliphatic rings. The van der Waals surface area contributed by atoms with Crippen molar-refractivity contribution in [3.05, 3.63) is 25.3 Å². The third kappa shape index (κ3) is 7.48. The van der Waals surface area contributed by atoms with Gasteiger partial charge in [-0.1, -0.05) is 12.2 Å². The molecule has 0 saturated heterocycles. The van der Waals surface area contributed by atoms with Gasteiger partial charge in [0.2, 0.25) is 0 Å². The van der Waals surface area contributed by atoms with Crippen LogP contribution < -0.4 is 5.73 Å². The predicted octanol–water partition coefficient (Wildman–Crippen LogP) is 1.46. The van der Waals surface area contributed by atoms with Gasteiger partial charge in [-0.05, 0) is 6.42 Å². The van der Waals surface area contributed by atoms with Crippen molar-refractivity contribution in [3.8, 4) is 0 Å². The molecular formula is C9H18NO4P. The number of nitrogens with two attached hydrogens (primary N) is 1. The minimum absolute atomic E-state index is 0.00596. The number of allylic oxidation sites excluding steroid dienone is 1. The van der Waals surface area contributed by atoms with Crippen LogP contribution >= 0.6 is 7.82 Å². The molecule has 0 amide bonds. The minimum Gasteiger partial charge on any atom is -0.328 e. The van der Waals surface area contributed by atoms with E-state index < -0.39 is 7.82 Å². The standard InChI is InChI=1S/C9H18NO4P/c1-3-5-9(4-2)8-14-15(11,12)13-7-6-10/h3-4,9H,1-2,5-8,10H2,(H,11,12). The zero-order valence-corrected chi connectivity index (χ0v) is 9.57. The molecule has 88 valence electrons. The molecule has 0 bridgehead atoms. The Bertz CT molecular complexity index is 244. The Hall–Kier alpha value is -0.450. The number of hydrogen-bond donors (Lipinski definition) is 2. The molecule has 0 heterocycles. The predicted molar refractivity (Wildman–Crippen MR) is 59.3 cm³/mol. The van der Waals surface area contributed by atoms with E-state index in [1.54, 1.807) is 12.2 Å². The first-order valence-electron chi connectivity index (χ1n) is 4.61. The van der Waals surface area contributed by atoms with E-state index >= 15 is 0 Å². The summed E-state index contributed by atoms with van der Waals surface area (Å²) in [6.07, 6.45) is 3.98. The van der Waals surface area contributed by atoms with Gasteiger partial charge in [-0.2, -0.15) is 0 Å². The summed E-state index contributed by atoms with van der Waals surface area (Å²) >= 11 is 0. The second kappa shape index (κ2) is 7.79. The molecule has 0 aromatic rings. The van der Waals surface area contributed by atoms with Gasteiger partial charge in [-0.3, -0.25) is 9.05 Å². The van der Waals surface area contributed by atoms with Crippen molar-refractivity contribution in [2.75, 3.05) is 19.8 Å². The summed E-state index contributed by atoms with van der Waals surface area (Å²) < 4.78 is 20.5. The highest BCUT2D eigenvalue weighted by atomic mass is 31.2. The fourth-order valence-corrected chi connectivity index (χ4v) is 1.63. The molecular weight excluding hydrogens is 217 g/mol. The highest BCUT2D eigenvalue weighted by Gasteiger charge is 2.21. The Kier molecular flexibility index (Phi) is 7.56. The lowest BCUT2D eigenvalue weighted by molar-refractivity contribution is 0.141. The molecule has 0 spiro atoms. The molecule has 2 unspecified atom stereocenters. The van der Waals surface area contributed by atoms with E-state index in [2.05, 4.69) is 17.7 Å². The maximum atomic E-state index is 11.2. The number of hydrogen-bond acceptors (Lipinski definition) is 4. The largest absolute Gasteiger partial charge is 0.472 e.